The van der Waals surface area contributed by atoms with Crippen LogP contribution in [0.5, 0.6) is 0 Å². The van der Waals surface area contributed by atoms with E-state index in [1.54, 1.807) is 29.3 Å². The normalized spacial score (nSPS) is 12.2. The lowest BCUT2D eigenvalue weighted by Crippen LogP contribution is -2.44. The predicted octanol–water partition coefficient (Wildman–Crippen LogP) is 1.98. The molecular formula is C17H29N3O3S. The summed E-state index contributed by atoms with van der Waals surface area (Å²) in [4.78, 5) is 18.6. The number of pyridine rings is 1. The number of hydrogen-bond acceptors (Lipinski definition) is 4. The number of sulfonamides is 1. The molecule has 6 nitrogen and oxygen atoms in total. The summed E-state index contributed by atoms with van der Waals surface area (Å²) in [5.74, 6) is 0.490. The molecule has 24 heavy (non-hydrogen) atoms. The summed E-state index contributed by atoms with van der Waals surface area (Å²) >= 11 is 0. The molecule has 0 aliphatic heterocycles. The lowest BCUT2D eigenvalue weighted by atomic mass is 10.1. The summed E-state index contributed by atoms with van der Waals surface area (Å²) < 4.78 is 25.3. The van der Waals surface area contributed by atoms with Gasteiger partial charge in [0.1, 0.15) is 0 Å². The predicted molar refractivity (Wildman–Crippen MR) is 95.7 cm³/mol. The van der Waals surface area contributed by atoms with Gasteiger partial charge in [-0.2, -0.15) is 4.31 Å². The van der Waals surface area contributed by atoms with Gasteiger partial charge in [0.2, 0.25) is 15.9 Å². The highest BCUT2D eigenvalue weighted by molar-refractivity contribution is 7.88. The summed E-state index contributed by atoms with van der Waals surface area (Å²) in [7, 11) is -3.50. The highest BCUT2D eigenvalue weighted by Crippen LogP contribution is 2.10. The van der Waals surface area contributed by atoms with Crippen molar-refractivity contribution in [2.45, 2.75) is 34.2 Å². The zero-order valence-electron chi connectivity index (χ0n) is 15.3. The van der Waals surface area contributed by atoms with E-state index in [-0.39, 0.29) is 19.0 Å². The van der Waals surface area contributed by atoms with Gasteiger partial charge >= 0.3 is 0 Å². The first-order chi connectivity index (χ1) is 11.1. The van der Waals surface area contributed by atoms with Crippen molar-refractivity contribution in [1.29, 1.82) is 0 Å². The van der Waals surface area contributed by atoms with Gasteiger partial charge in [-0.25, -0.2) is 8.42 Å². The van der Waals surface area contributed by atoms with E-state index < -0.39 is 10.0 Å². The second kappa shape index (κ2) is 9.13. The topological polar surface area (TPSA) is 70.6 Å². The minimum absolute atomic E-state index is 0.0998. The first-order valence-corrected chi connectivity index (χ1v) is 10.1. The number of carbonyl (C=O) groups is 1. The molecule has 0 spiro atoms. The SMILES string of the molecule is CC(C)CN(CC(C)C)C(=O)CN(Cc1ccccn1)S(C)(=O)=O. The Morgan fingerprint density at radius 1 is 1.12 bits per heavy atom. The van der Waals surface area contributed by atoms with Crippen LogP contribution in [0.3, 0.4) is 0 Å². The van der Waals surface area contributed by atoms with Crippen LogP contribution in [0.15, 0.2) is 24.4 Å². The fourth-order valence-electron chi connectivity index (χ4n) is 2.37. The third-order valence-corrected chi connectivity index (χ3v) is 4.57. The highest BCUT2D eigenvalue weighted by atomic mass is 32.2. The summed E-state index contributed by atoms with van der Waals surface area (Å²) in [5, 5.41) is 0. The summed E-state index contributed by atoms with van der Waals surface area (Å²) in [6, 6.07) is 5.32. The maximum atomic E-state index is 12.7. The van der Waals surface area contributed by atoms with Gasteiger partial charge in [0.25, 0.3) is 0 Å². The van der Waals surface area contributed by atoms with Crippen LogP contribution in [0.25, 0.3) is 0 Å². The van der Waals surface area contributed by atoms with Crippen molar-refractivity contribution >= 4 is 15.9 Å². The second-order valence-electron chi connectivity index (χ2n) is 6.94. The molecule has 1 rings (SSSR count). The van der Waals surface area contributed by atoms with Gasteiger partial charge in [-0.05, 0) is 24.0 Å². The number of nitrogens with zero attached hydrogens (tertiary/aromatic N) is 3. The molecule has 0 radical (unpaired) electrons. The van der Waals surface area contributed by atoms with E-state index in [1.165, 1.54) is 4.31 Å². The molecule has 0 fully saturated rings. The van der Waals surface area contributed by atoms with Crippen molar-refractivity contribution < 1.29 is 13.2 Å². The third-order valence-electron chi connectivity index (χ3n) is 3.37. The fraction of sp³-hybridized carbons (Fsp3) is 0.647. The smallest absolute Gasteiger partial charge is 0.237 e. The van der Waals surface area contributed by atoms with Crippen molar-refractivity contribution in [2.75, 3.05) is 25.9 Å². The summed E-state index contributed by atoms with van der Waals surface area (Å²) in [6.45, 7) is 9.37. The van der Waals surface area contributed by atoms with Gasteiger partial charge in [-0.1, -0.05) is 33.8 Å². The molecule has 136 valence electrons. The number of hydrogen-bond donors (Lipinski definition) is 0. The first-order valence-electron chi connectivity index (χ1n) is 8.22. The highest BCUT2D eigenvalue weighted by Gasteiger charge is 2.25. The Balaban J connectivity index is 2.89. The maximum absolute atomic E-state index is 12.7. The number of amides is 1. The Kier molecular flexibility index (Phi) is 7.83. The van der Waals surface area contributed by atoms with Crippen LogP contribution in [0.1, 0.15) is 33.4 Å². The molecule has 1 heterocycles. The molecule has 1 amide bonds. The number of aromatic nitrogens is 1. The Hall–Kier alpha value is -1.47. The van der Waals surface area contributed by atoms with Crippen LogP contribution in [0, 0.1) is 11.8 Å². The van der Waals surface area contributed by atoms with E-state index in [0.717, 1.165) is 6.26 Å². The van der Waals surface area contributed by atoms with Gasteiger partial charge in [-0.15, -0.1) is 0 Å². The van der Waals surface area contributed by atoms with Crippen molar-refractivity contribution in [3.63, 3.8) is 0 Å². The Morgan fingerprint density at radius 3 is 2.12 bits per heavy atom. The van der Waals surface area contributed by atoms with Crippen molar-refractivity contribution in [2.24, 2.45) is 11.8 Å². The van der Waals surface area contributed by atoms with Crippen LogP contribution in [-0.4, -0.2) is 54.4 Å². The van der Waals surface area contributed by atoms with E-state index in [9.17, 15) is 13.2 Å². The van der Waals surface area contributed by atoms with Gasteiger partial charge in [-0.3, -0.25) is 9.78 Å². The monoisotopic (exact) mass is 355 g/mol. The third kappa shape index (κ3) is 7.40. The molecule has 0 atom stereocenters. The Labute approximate surface area is 145 Å². The minimum atomic E-state index is -3.50. The molecule has 7 heteroatoms. The van der Waals surface area contributed by atoms with E-state index in [1.807, 2.05) is 27.7 Å². The van der Waals surface area contributed by atoms with Gasteiger partial charge < -0.3 is 4.90 Å². The molecule has 0 saturated heterocycles. The zero-order valence-corrected chi connectivity index (χ0v) is 16.1. The largest absolute Gasteiger partial charge is 0.341 e. The van der Waals surface area contributed by atoms with Gasteiger partial charge in [0.05, 0.1) is 25.0 Å². The molecule has 1 aromatic rings. The van der Waals surface area contributed by atoms with Crippen LogP contribution in [0.4, 0.5) is 0 Å². The molecule has 0 aliphatic rings. The Morgan fingerprint density at radius 2 is 1.71 bits per heavy atom. The quantitative estimate of drug-likeness (QED) is 0.679. The zero-order chi connectivity index (χ0) is 18.3. The van der Waals surface area contributed by atoms with Gasteiger partial charge in [0.15, 0.2) is 0 Å². The van der Waals surface area contributed by atoms with Crippen LogP contribution < -0.4 is 0 Å². The summed E-state index contributed by atoms with van der Waals surface area (Å²) in [6.07, 6.45) is 2.74. The van der Waals surface area contributed by atoms with Crippen LogP contribution in [-0.2, 0) is 21.4 Å². The molecule has 0 N–H and O–H groups in total. The number of carbonyl (C=O) groups excluding carboxylic acids is 1. The standard InChI is InChI=1S/C17H29N3O3S/c1-14(2)10-19(11-15(3)4)17(21)13-20(24(5,22)23)12-16-8-6-7-9-18-16/h6-9,14-15H,10-13H2,1-5H3. The molecule has 0 aromatic carbocycles. The van der Waals surface area contributed by atoms with E-state index in [0.29, 0.717) is 30.6 Å². The Bertz CT molecular complexity index is 605. The second-order valence-corrected chi connectivity index (χ2v) is 8.92. The van der Waals surface area contributed by atoms with E-state index >= 15 is 0 Å². The average molecular weight is 356 g/mol. The maximum Gasteiger partial charge on any atom is 0.237 e. The molecule has 0 saturated carbocycles. The molecule has 0 bridgehead atoms. The van der Waals surface area contributed by atoms with Crippen molar-refractivity contribution in [3.8, 4) is 0 Å². The lowest BCUT2D eigenvalue weighted by Gasteiger charge is -2.29. The fourth-order valence-corrected chi connectivity index (χ4v) is 3.09. The minimum Gasteiger partial charge on any atom is -0.341 e. The van der Waals surface area contributed by atoms with E-state index in [4.69, 9.17) is 0 Å². The van der Waals surface area contributed by atoms with E-state index in [2.05, 4.69) is 4.98 Å². The van der Waals surface area contributed by atoms with Crippen LogP contribution >= 0.6 is 0 Å². The first kappa shape index (κ1) is 20.6. The summed E-state index contributed by atoms with van der Waals surface area (Å²) in [5.41, 5.74) is 0.620. The average Bonchev–Trinajstić information content (AvgIpc) is 2.45. The van der Waals surface area contributed by atoms with Gasteiger partial charge in [0, 0.05) is 19.3 Å². The number of rotatable bonds is 9. The molecular weight excluding hydrogens is 326 g/mol. The molecule has 0 aliphatic carbocycles. The molecule has 0 unspecified atom stereocenters. The van der Waals surface area contributed by atoms with Crippen molar-refractivity contribution in [1.82, 2.24) is 14.2 Å². The lowest BCUT2D eigenvalue weighted by molar-refractivity contribution is -0.132. The van der Waals surface area contributed by atoms with Crippen LogP contribution in [0.2, 0.25) is 0 Å². The molecule has 1 aromatic heterocycles. The van der Waals surface area contributed by atoms with Crippen molar-refractivity contribution in [3.05, 3.63) is 30.1 Å².